The van der Waals surface area contributed by atoms with Crippen LogP contribution < -0.4 is 0 Å². The van der Waals surface area contributed by atoms with E-state index in [0.29, 0.717) is 12.3 Å². The zero-order chi connectivity index (χ0) is 22.5. The van der Waals surface area contributed by atoms with Gasteiger partial charge in [-0.1, -0.05) is 82.9 Å². The molecule has 0 aliphatic carbocycles. The highest BCUT2D eigenvalue weighted by atomic mass is 19.4. The predicted octanol–water partition coefficient (Wildman–Crippen LogP) is 8.99. The zero-order valence-corrected chi connectivity index (χ0v) is 19.6. The number of alkyl halides is 3. The van der Waals surface area contributed by atoms with E-state index in [1.54, 1.807) is 6.07 Å². The van der Waals surface area contributed by atoms with E-state index in [-0.39, 0.29) is 5.60 Å². The molecule has 30 heavy (non-hydrogen) atoms. The predicted molar refractivity (Wildman–Crippen MR) is 121 cm³/mol. The summed E-state index contributed by atoms with van der Waals surface area (Å²) in [5, 5.41) is 0. The molecule has 1 unspecified atom stereocenters. The number of hydrogen-bond donors (Lipinski definition) is 0. The normalized spacial score (nSPS) is 13.6. The number of aryl methyl sites for hydroxylation is 1. The van der Waals surface area contributed by atoms with Crippen LogP contribution in [0.4, 0.5) is 13.2 Å². The highest BCUT2D eigenvalue weighted by Gasteiger charge is 2.30. The monoisotopic (exact) mass is 428 g/mol. The Labute approximate surface area is 182 Å². The van der Waals surface area contributed by atoms with Crippen LogP contribution >= 0.6 is 0 Å². The van der Waals surface area contributed by atoms with Crippen LogP contribution in [0.1, 0.15) is 109 Å². The maximum absolute atomic E-state index is 12.8. The summed E-state index contributed by atoms with van der Waals surface area (Å²) in [5.74, 6) is 0.567. The number of rotatable bonds is 16. The fraction of sp³-hybridized carbons (Fsp3) is 0.769. The molecule has 1 rings (SSSR count). The largest absolute Gasteiger partial charge is 0.416 e. The highest BCUT2D eigenvalue weighted by molar-refractivity contribution is 5.25. The van der Waals surface area contributed by atoms with Crippen LogP contribution in [-0.4, -0.2) is 12.7 Å². The minimum Gasteiger partial charge on any atom is -0.379 e. The summed E-state index contributed by atoms with van der Waals surface area (Å²) in [6.07, 6.45) is 11.0. The molecule has 0 N–H and O–H groups in total. The molecule has 0 spiro atoms. The van der Waals surface area contributed by atoms with Crippen molar-refractivity contribution in [3.05, 3.63) is 35.4 Å². The van der Waals surface area contributed by atoms with Crippen molar-refractivity contribution in [2.75, 3.05) is 7.11 Å². The van der Waals surface area contributed by atoms with Crippen LogP contribution in [-0.2, 0) is 17.3 Å². The molecule has 1 nitrogen and oxygen atoms in total. The van der Waals surface area contributed by atoms with Crippen LogP contribution in [0.2, 0.25) is 0 Å². The Morgan fingerprint density at radius 1 is 0.833 bits per heavy atom. The van der Waals surface area contributed by atoms with Crippen LogP contribution in [0.5, 0.6) is 0 Å². The van der Waals surface area contributed by atoms with Crippen molar-refractivity contribution in [2.45, 2.75) is 116 Å². The first-order valence-electron chi connectivity index (χ1n) is 11.9. The molecule has 0 saturated carbocycles. The van der Waals surface area contributed by atoms with Crippen molar-refractivity contribution in [1.82, 2.24) is 0 Å². The summed E-state index contributed by atoms with van der Waals surface area (Å²) in [6, 6.07) is 5.74. The molecule has 0 aliphatic rings. The standard InChI is InChI=1S/C26H43F3O/c1-5-6-7-8-9-13-18-23(25(2,3)30-4)19-14-11-10-12-16-22-17-15-20-24(21-22)26(27,28)29/h15,17,20-21,23H,5-14,16,18-19H2,1-4H3. The number of halogens is 3. The average molecular weight is 429 g/mol. The van der Waals surface area contributed by atoms with Crippen molar-refractivity contribution in [3.63, 3.8) is 0 Å². The average Bonchev–Trinajstić information content (AvgIpc) is 2.70. The lowest BCUT2D eigenvalue weighted by Gasteiger charge is -2.33. The molecule has 0 heterocycles. The summed E-state index contributed by atoms with van der Waals surface area (Å²) >= 11 is 0. The Morgan fingerprint density at radius 2 is 1.40 bits per heavy atom. The van der Waals surface area contributed by atoms with Gasteiger partial charge in [0.25, 0.3) is 0 Å². The maximum atomic E-state index is 12.8. The third kappa shape index (κ3) is 10.8. The van der Waals surface area contributed by atoms with Gasteiger partial charge in [0, 0.05) is 7.11 Å². The fourth-order valence-electron chi connectivity index (χ4n) is 4.15. The lowest BCUT2D eigenvalue weighted by Crippen LogP contribution is -2.33. The van der Waals surface area contributed by atoms with Crippen LogP contribution in [0.3, 0.4) is 0 Å². The van der Waals surface area contributed by atoms with Gasteiger partial charge in [0.15, 0.2) is 0 Å². The van der Waals surface area contributed by atoms with E-state index in [4.69, 9.17) is 4.74 Å². The molecule has 0 amide bonds. The van der Waals surface area contributed by atoms with Gasteiger partial charge >= 0.3 is 6.18 Å². The van der Waals surface area contributed by atoms with Crippen molar-refractivity contribution in [2.24, 2.45) is 5.92 Å². The Morgan fingerprint density at radius 3 is 1.97 bits per heavy atom. The van der Waals surface area contributed by atoms with Gasteiger partial charge in [0.1, 0.15) is 0 Å². The Hall–Kier alpha value is -1.03. The van der Waals surface area contributed by atoms with E-state index in [1.165, 1.54) is 63.5 Å². The molecule has 1 aromatic rings. The first-order valence-corrected chi connectivity index (χ1v) is 11.9. The van der Waals surface area contributed by atoms with E-state index in [0.717, 1.165) is 37.3 Å². The number of unbranched alkanes of at least 4 members (excludes halogenated alkanes) is 8. The lowest BCUT2D eigenvalue weighted by molar-refractivity contribution is -0.137. The second kappa shape index (κ2) is 14.1. The van der Waals surface area contributed by atoms with Crippen LogP contribution in [0.25, 0.3) is 0 Å². The molecule has 0 aliphatic heterocycles. The SMILES string of the molecule is CCCCCCCCC(CCCCCCc1cccc(C(F)(F)F)c1)C(C)(C)OC. The zero-order valence-electron chi connectivity index (χ0n) is 19.6. The Kier molecular flexibility index (Phi) is 12.7. The van der Waals surface area contributed by atoms with Gasteiger partial charge in [-0.05, 0) is 57.1 Å². The van der Waals surface area contributed by atoms with Crippen molar-refractivity contribution >= 4 is 0 Å². The van der Waals surface area contributed by atoms with Crippen molar-refractivity contribution in [3.8, 4) is 0 Å². The molecule has 0 aromatic heterocycles. The van der Waals surface area contributed by atoms with Crippen molar-refractivity contribution in [1.29, 1.82) is 0 Å². The molecule has 0 radical (unpaired) electrons. The van der Waals surface area contributed by atoms with Gasteiger partial charge < -0.3 is 4.74 Å². The molecule has 1 aromatic carbocycles. The maximum Gasteiger partial charge on any atom is 0.416 e. The Balaban J connectivity index is 2.30. The quantitative estimate of drug-likeness (QED) is 0.239. The van der Waals surface area contributed by atoms with Crippen molar-refractivity contribution < 1.29 is 17.9 Å². The molecule has 174 valence electrons. The number of hydrogen-bond acceptors (Lipinski definition) is 1. The van der Waals surface area contributed by atoms with Crippen LogP contribution in [0.15, 0.2) is 24.3 Å². The molecule has 0 bridgehead atoms. The third-order valence-corrected chi connectivity index (χ3v) is 6.44. The molecule has 0 saturated heterocycles. The van der Waals surface area contributed by atoms with E-state index < -0.39 is 11.7 Å². The van der Waals surface area contributed by atoms with Gasteiger partial charge in [-0.25, -0.2) is 0 Å². The second-order valence-electron chi connectivity index (χ2n) is 9.21. The van der Waals surface area contributed by atoms with E-state index >= 15 is 0 Å². The van der Waals surface area contributed by atoms with E-state index in [9.17, 15) is 13.2 Å². The first-order chi connectivity index (χ1) is 14.2. The van der Waals surface area contributed by atoms with Gasteiger partial charge in [-0.15, -0.1) is 0 Å². The highest BCUT2D eigenvalue weighted by Crippen LogP contribution is 2.32. The Bertz CT molecular complexity index is 566. The summed E-state index contributed by atoms with van der Waals surface area (Å²) < 4.78 is 44.2. The molecule has 1 atom stereocenters. The lowest BCUT2D eigenvalue weighted by atomic mass is 9.82. The smallest absolute Gasteiger partial charge is 0.379 e. The van der Waals surface area contributed by atoms with E-state index in [2.05, 4.69) is 20.8 Å². The van der Waals surface area contributed by atoms with E-state index in [1.807, 2.05) is 7.11 Å². The summed E-state index contributed by atoms with van der Waals surface area (Å²) in [5.41, 5.74) is 0.146. The van der Waals surface area contributed by atoms with Gasteiger partial charge in [-0.2, -0.15) is 13.2 Å². The van der Waals surface area contributed by atoms with Crippen LogP contribution in [0, 0.1) is 5.92 Å². The van der Waals surface area contributed by atoms with Gasteiger partial charge in [-0.3, -0.25) is 0 Å². The minimum absolute atomic E-state index is 0.0958. The molecule has 0 fully saturated rings. The molecular formula is C26H43F3O. The summed E-state index contributed by atoms with van der Waals surface area (Å²) in [4.78, 5) is 0. The molecular weight excluding hydrogens is 385 g/mol. The summed E-state index contributed by atoms with van der Waals surface area (Å²) in [7, 11) is 1.81. The minimum atomic E-state index is -4.25. The number of benzene rings is 1. The van der Waals surface area contributed by atoms with Gasteiger partial charge in [0.05, 0.1) is 11.2 Å². The van der Waals surface area contributed by atoms with Gasteiger partial charge in [0.2, 0.25) is 0 Å². The number of methoxy groups -OCH3 is 1. The molecule has 4 heteroatoms. The second-order valence-corrected chi connectivity index (χ2v) is 9.21. The third-order valence-electron chi connectivity index (χ3n) is 6.44. The fourth-order valence-corrected chi connectivity index (χ4v) is 4.15. The summed E-state index contributed by atoms with van der Waals surface area (Å²) in [6.45, 7) is 6.64. The first kappa shape index (κ1) is 27.0. The topological polar surface area (TPSA) is 9.23 Å². The number of ether oxygens (including phenoxy) is 1.